The largest absolute Gasteiger partial charge is 0.304 e. The lowest BCUT2D eigenvalue weighted by Gasteiger charge is -2.27. The van der Waals surface area contributed by atoms with Gasteiger partial charge >= 0.3 is 0 Å². The normalized spacial score (nSPS) is 24.8. The van der Waals surface area contributed by atoms with Crippen molar-refractivity contribution in [2.45, 2.75) is 50.6 Å². The molecule has 3 N–H and O–H groups in total. The van der Waals surface area contributed by atoms with Gasteiger partial charge in [0.2, 0.25) is 11.8 Å². The number of carbonyl (C=O) groups excluding carboxylic acids is 4. The summed E-state index contributed by atoms with van der Waals surface area (Å²) in [5, 5.41) is 12.3. The summed E-state index contributed by atoms with van der Waals surface area (Å²) in [6.07, 6.45) is -0.345. The molecule has 2 aromatic rings. The van der Waals surface area contributed by atoms with Crippen molar-refractivity contribution in [3.8, 4) is 0 Å². The second-order valence-corrected chi connectivity index (χ2v) is 8.93. The van der Waals surface area contributed by atoms with Crippen LogP contribution in [0.5, 0.6) is 0 Å². The van der Waals surface area contributed by atoms with Crippen LogP contribution in [0.3, 0.4) is 0 Å². The van der Waals surface area contributed by atoms with Gasteiger partial charge in [-0.05, 0) is 31.2 Å². The fourth-order valence-corrected chi connectivity index (χ4v) is 4.67. The van der Waals surface area contributed by atoms with Gasteiger partial charge in [-0.3, -0.25) is 39.4 Å². The molecule has 1 aromatic heterocycles. The maximum Gasteiger partial charge on any atom is 0.262 e. The van der Waals surface area contributed by atoms with Gasteiger partial charge in [0, 0.05) is 25.9 Å². The molecule has 3 atom stereocenters. The zero-order chi connectivity index (χ0) is 24.0. The van der Waals surface area contributed by atoms with E-state index >= 15 is 0 Å². The standard InChI is InChI=1S/C22H24FN7O4/c1-29(10-17-25-19(28-27-17)15-7-12(23)8-24-15)9-11-2-3-13-14(6-11)22(34)30(21(13)33)16-4-5-18(31)26-20(16)32/h2-3,6,12,15-16,24H,4-5,7-10H2,1H3,(H,25,27,28)(H,26,31,32)/t12-,15+,16?/m0/s1. The number of hydrogen-bond donors (Lipinski definition) is 3. The molecule has 1 aromatic carbocycles. The molecule has 2 fully saturated rings. The Labute approximate surface area is 194 Å². The average molecular weight is 469 g/mol. The lowest BCUT2D eigenvalue weighted by Crippen LogP contribution is -2.54. The lowest BCUT2D eigenvalue weighted by molar-refractivity contribution is -0.136. The predicted octanol–water partition coefficient (Wildman–Crippen LogP) is 0.210. The highest BCUT2D eigenvalue weighted by Crippen LogP contribution is 2.29. The Morgan fingerprint density at radius 2 is 1.94 bits per heavy atom. The smallest absolute Gasteiger partial charge is 0.262 e. The topological polar surface area (TPSA) is 140 Å². The third-order valence-corrected chi connectivity index (χ3v) is 6.31. The Bertz CT molecular complexity index is 1180. The minimum atomic E-state index is -0.987. The minimum absolute atomic E-state index is 0.0778. The first-order valence-corrected chi connectivity index (χ1v) is 11.1. The molecule has 0 bridgehead atoms. The number of fused-ring (bicyclic) bond motifs is 1. The number of amides is 4. The van der Waals surface area contributed by atoms with Crippen molar-refractivity contribution < 1.29 is 23.6 Å². The molecule has 11 nitrogen and oxygen atoms in total. The minimum Gasteiger partial charge on any atom is -0.304 e. The van der Waals surface area contributed by atoms with Gasteiger partial charge in [-0.25, -0.2) is 9.37 Å². The summed E-state index contributed by atoms with van der Waals surface area (Å²) < 4.78 is 13.4. The Morgan fingerprint density at radius 1 is 1.15 bits per heavy atom. The van der Waals surface area contributed by atoms with Gasteiger partial charge in [-0.2, -0.15) is 5.10 Å². The summed E-state index contributed by atoms with van der Waals surface area (Å²) >= 11 is 0. The number of nitrogens with zero attached hydrogens (tertiary/aromatic N) is 4. The Kier molecular flexibility index (Phi) is 5.70. The van der Waals surface area contributed by atoms with Gasteiger partial charge in [-0.1, -0.05) is 6.07 Å². The number of alkyl halides is 1. The van der Waals surface area contributed by atoms with Crippen molar-refractivity contribution in [2.75, 3.05) is 13.6 Å². The van der Waals surface area contributed by atoms with E-state index in [1.807, 2.05) is 11.9 Å². The molecule has 0 radical (unpaired) electrons. The summed E-state index contributed by atoms with van der Waals surface area (Å²) in [5.41, 5.74) is 1.30. The zero-order valence-electron chi connectivity index (χ0n) is 18.5. The van der Waals surface area contributed by atoms with Crippen molar-refractivity contribution >= 4 is 23.6 Å². The predicted molar refractivity (Wildman–Crippen MR) is 115 cm³/mol. The number of carbonyl (C=O) groups is 4. The quantitative estimate of drug-likeness (QED) is 0.510. The molecule has 3 aliphatic rings. The van der Waals surface area contributed by atoms with E-state index in [1.165, 1.54) is 0 Å². The number of aromatic nitrogens is 3. The maximum atomic E-state index is 13.4. The van der Waals surface area contributed by atoms with Crippen molar-refractivity contribution in [1.29, 1.82) is 0 Å². The monoisotopic (exact) mass is 469 g/mol. The fourth-order valence-electron chi connectivity index (χ4n) is 4.67. The first kappa shape index (κ1) is 22.3. The lowest BCUT2D eigenvalue weighted by atomic mass is 10.0. The van der Waals surface area contributed by atoms with Gasteiger partial charge in [0.05, 0.1) is 23.7 Å². The van der Waals surface area contributed by atoms with Gasteiger partial charge < -0.3 is 5.32 Å². The van der Waals surface area contributed by atoms with Crippen LogP contribution in [-0.2, 0) is 22.7 Å². The van der Waals surface area contributed by atoms with Crippen molar-refractivity contribution in [3.05, 3.63) is 46.5 Å². The highest BCUT2D eigenvalue weighted by Gasteiger charge is 2.44. The van der Waals surface area contributed by atoms with Crippen LogP contribution in [0, 0.1) is 0 Å². The molecule has 4 amide bonds. The van der Waals surface area contributed by atoms with Crippen LogP contribution in [0.2, 0.25) is 0 Å². The number of hydrogen-bond acceptors (Lipinski definition) is 8. The summed E-state index contributed by atoms with van der Waals surface area (Å²) in [6, 6.07) is 3.84. The van der Waals surface area contributed by atoms with Gasteiger partial charge in [0.25, 0.3) is 11.8 Å². The molecule has 1 unspecified atom stereocenters. The summed E-state index contributed by atoms with van der Waals surface area (Å²) in [5.74, 6) is -0.925. The van der Waals surface area contributed by atoms with Crippen molar-refractivity contribution in [2.24, 2.45) is 0 Å². The van der Waals surface area contributed by atoms with Crippen LogP contribution in [-0.4, -0.2) is 74.4 Å². The van der Waals surface area contributed by atoms with E-state index in [9.17, 15) is 23.6 Å². The van der Waals surface area contributed by atoms with Crippen LogP contribution in [0.25, 0.3) is 0 Å². The Morgan fingerprint density at radius 3 is 2.68 bits per heavy atom. The van der Waals surface area contributed by atoms with E-state index in [0.29, 0.717) is 37.7 Å². The fraction of sp³-hybridized carbons (Fsp3) is 0.455. The van der Waals surface area contributed by atoms with Crippen molar-refractivity contribution in [1.82, 2.24) is 35.6 Å². The van der Waals surface area contributed by atoms with E-state index in [4.69, 9.17) is 0 Å². The maximum absolute atomic E-state index is 13.4. The third kappa shape index (κ3) is 4.10. The number of rotatable bonds is 6. The second-order valence-electron chi connectivity index (χ2n) is 8.93. The SMILES string of the molecule is CN(Cc1ccc2c(c1)C(=O)N(C1CCC(=O)NC1=O)C2=O)Cc1nc([C@H]2C[C@H](F)CN2)n[nH]1. The summed E-state index contributed by atoms with van der Waals surface area (Å²) in [6.45, 7) is 1.22. The van der Waals surface area contributed by atoms with Gasteiger partial charge in [0.1, 0.15) is 18.0 Å². The van der Waals surface area contributed by atoms with Crippen molar-refractivity contribution in [3.63, 3.8) is 0 Å². The van der Waals surface area contributed by atoms with E-state index < -0.39 is 35.8 Å². The number of nitrogens with one attached hydrogen (secondary N) is 3. The van der Waals surface area contributed by atoms with Gasteiger partial charge in [0.15, 0.2) is 5.82 Å². The van der Waals surface area contributed by atoms with E-state index in [-0.39, 0.29) is 30.0 Å². The number of piperidine rings is 1. The van der Waals surface area contributed by atoms with Crippen LogP contribution in [0.15, 0.2) is 18.2 Å². The first-order valence-electron chi connectivity index (χ1n) is 11.1. The number of H-pyrrole nitrogens is 1. The third-order valence-electron chi connectivity index (χ3n) is 6.31. The highest BCUT2D eigenvalue weighted by atomic mass is 19.1. The molecule has 12 heteroatoms. The average Bonchev–Trinajstić information content (AvgIpc) is 3.48. The van der Waals surface area contributed by atoms with Crippen LogP contribution in [0.1, 0.15) is 63.2 Å². The van der Waals surface area contributed by atoms with E-state index in [0.717, 1.165) is 10.5 Å². The number of imide groups is 2. The van der Waals surface area contributed by atoms with Gasteiger partial charge in [-0.15, -0.1) is 0 Å². The first-order chi connectivity index (χ1) is 16.3. The summed E-state index contributed by atoms with van der Waals surface area (Å²) in [4.78, 5) is 56.8. The Hall–Kier alpha value is -3.51. The van der Waals surface area contributed by atoms with Crippen LogP contribution < -0.4 is 10.6 Å². The number of benzene rings is 1. The number of halogens is 1. The summed E-state index contributed by atoms with van der Waals surface area (Å²) in [7, 11) is 1.88. The molecule has 2 saturated heterocycles. The molecule has 178 valence electrons. The molecule has 0 saturated carbocycles. The molecule has 5 rings (SSSR count). The van der Waals surface area contributed by atoms with Crippen LogP contribution in [0.4, 0.5) is 4.39 Å². The molecule has 4 heterocycles. The molecule has 0 aliphatic carbocycles. The molecular formula is C22H24FN7O4. The Balaban J connectivity index is 1.25. The second kappa shape index (κ2) is 8.69. The molecule has 0 spiro atoms. The molecule has 34 heavy (non-hydrogen) atoms. The molecule has 3 aliphatic heterocycles. The highest BCUT2D eigenvalue weighted by molar-refractivity contribution is 6.23. The molecular weight excluding hydrogens is 445 g/mol. The van der Waals surface area contributed by atoms with Crippen LogP contribution >= 0.6 is 0 Å². The zero-order valence-corrected chi connectivity index (χ0v) is 18.5. The van der Waals surface area contributed by atoms with E-state index in [2.05, 4.69) is 25.8 Å². The van der Waals surface area contributed by atoms with E-state index in [1.54, 1.807) is 18.2 Å². The number of aromatic amines is 1.